The van der Waals surface area contributed by atoms with Crippen molar-refractivity contribution in [1.29, 1.82) is 0 Å². The summed E-state index contributed by atoms with van der Waals surface area (Å²) in [6.07, 6.45) is -2.24. The molecular formula is C11H8F3N3O. The average Bonchev–Trinajstić information content (AvgIpc) is 2.77. The van der Waals surface area contributed by atoms with E-state index in [1.165, 1.54) is 23.0 Å². The SMILES string of the molecule is O=CCc1cn(-c2cccc(C(F)(F)F)c2)nn1. The molecule has 2 aromatic rings. The number of alkyl halides is 3. The second-order valence-corrected chi connectivity index (χ2v) is 3.57. The molecule has 0 radical (unpaired) electrons. The molecule has 0 aliphatic heterocycles. The van der Waals surface area contributed by atoms with Crippen molar-refractivity contribution in [3.05, 3.63) is 41.7 Å². The van der Waals surface area contributed by atoms with Crippen molar-refractivity contribution < 1.29 is 18.0 Å². The number of hydrogen-bond donors (Lipinski definition) is 0. The van der Waals surface area contributed by atoms with Crippen molar-refractivity contribution >= 4 is 6.29 Å². The first-order chi connectivity index (χ1) is 8.50. The molecule has 18 heavy (non-hydrogen) atoms. The summed E-state index contributed by atoms with van der Waals surface area (Å²) < 4.78 is 38.8. The summed E-state index contributed by atoms with van der Waals surface area (Å²) in [4.78, 5) is 10.3. The van der Waals surface area contributed by atoms with Gasteiger partial charge in [-0.1, -0.05) is 11.3 Å². The number of nitrogens with zero attached hydrogens (tertiary/aromatic N) is 3. The zero-order valence-corrected chi connectivity index (χ0v) is 9.05. The summed E-state index contributed by atoms with van der Waals surface area (Å²) in [5.74, 6) is 0. The van der Waals surface area contributed by atoms with Crippen molar-refractivity contribution in [2.75, 3.05) is 0 Å². The van der Waals surface area contributed by atoms with E-state index in [-0.39, 0.29) is 12.1 Å². The van der Waals surface area contributed by atoms with E-state index >= 15 is 0 Å². The minimum atomic E-state index is -4.40. The van der Waals surface area contributed by atoms with E-state index < -0.39 is 11.7 Å². The molecule has 7 heteroatoms. The van der Waals surface area contributed by atoms with Crippen LogP contribution in [0.2, 0.25) is 0 Å². The molecule has 0 saturated carbocycles. The fourth-order valence-corrected chi connectivity index (χ4v) is 1.43. The van der Waals surface area contributed by atoms with Gasteiger partial charge in [0, 0.05) is 6.42 Å². The zero-order chi connectivity index (χ0) is 13.2. The molecule has 94 valence electrons. The van der Waals surface area contributed by atoms with Crippen LogP contribution in [-0.2, 0) is 17.4 Å². The van der Waals surface area contributed by atoms with Gasteiger partial charge in [-0.15, -0.1) is 5.10 Å². The van der Waals surface area contributed by atoms with Gasteiger partial charge in [0.25, 0.3) is 0 Å². The average molecular weight is 255 g/mol. The first-order valence-corrected chi connectivity index (χ1v) is 5.03. The van der Waals surface area contributed by atoms with Gasteiger partial charge in [-0.25, -0.2) is 4.68 Å². The van der Waals surface area contributed by atoms with Gasteiger partial charge in [-0.05, 0) is 18.2 Å². The van der Waals surface area contributed by atoms with Gasteiger partial charge < -0.3 is 4.79 Å². The molecule has 0 amide bonds. The van der Waals surface area contributed by atoms with Crippen molar-refractivity contribution in [2.24, 2.45) is 0 Å². The highest BCUT2D eigenvalue weighted by atomic mass is 19.4. The maximum Gasteiger partial charge on any atom is 0.416 e. The van der Waals surface area contributed by atoms with Crippen LogP contribution in [0.4, 0.5) is 13.2 Å². The van der Waals surface area contributed by atoms with Gasteiger partial charge in [0.1, 0.15) is 6.29 Å². The molecule has 1 heterocycles. The highest BCUT2D eigenvalue weighted by Crippen LogP contribution is 2.30. The van der Waals surface area contributed by atoms with Crippen LogP contribution in [0.5, 0.6) is 0 Å². The summed E-state index contributed by atoms with van der Waals surface area (Å²) >= 11 is 0. The van der Waals surface area contributed by atoms with Gasteiger partial charge in [0.05, 0.1) is 23.1 Å². The number of carbonyl (C=O) groups is 1. The summed E-state index contributed by atoms with van der Waals surface area (Å²) in [6.45, 7) is 0. The third-order valence-electron chi connectivity index (χ3n) is 2.27. The van der Waals surface area contributed by atoms with E-state index in [1.807, 2.05) is 0 Å². The smallest absolute Gasteiger partial charge is 0.303 e. The molecule has 0 aliphatic carbocycles. The predicted octanol–water partition coefficient (Wildman–Crippen LogP) is 2.03. The second kappa shape index (κ2) is 4.59. The summed E-state index contributed by atoms with van der Waals surface area (Å²) in [6, 6.07) is 4.72. The van der Waals surface area contributed by atoms with Crippen LogP contribution in [0.1, 0.15) is 11.3 Å². The predicted molar refractivity (Wildman–Crippen MR) is 56.1 cm³/mol. The topological polar surface area (TPSA) is 47.8 Å². The van der Waals surface area contributed by atoms with Crippen molar-refractivity contribution in [1.82, 2.24) is 15.0 Å². The summed E-state index contributed by atoms with van der Waals surface area (Å²) in [5.41, 5.74) is -0.107. The minimum absolute atomic E-state index is 0.0823. The van der Waals surface area contributed by atoms with Crippen LogP contribution < -0.4 is 0 Å². The number of aldehydes is 1. The molecule has 0 saturated heterocycles. The second-order valence-electron chi connectivity index (χ2n) is 3.57. The molecule has 0 fully saturated rings. The molecule has 1 aromatic carbocycles. The minimum Gasteiger partial charge on any atom is -0.303 e. The van der Waals surface area contributed by atoms with Crippen LogP contribution in [0, 0.1) is 0 Å². The maximum absolute atomic E-state index is 12.5. The lowest BCUT2D eigenvalue weighted by molar-refractivity contribution is -0.137. The summed E-state index contributed by atoms with van der Waals surface area (Å²) in [5, 5.41) is 7.34. The molecular weight excluding hydrogens is 247 g/mol. The molecule has 0 bridgehead atoms. The monoisotopic (exact) mass is 255 g/mol. The molecule has 1 aromatic heterocycles. The molecule has 2 rings (SSSR count). The van der Waals surface area contributed by atoms with E-state index in [2.05, 4.69) is 10.3 Å². The van der Waals surface area contributed by atoms with Gasteiger partial charge in [-0.3, -0.25) is 0 Å². The van der Waals surface area contributed by atoms with Gasteiger partial charge in [-0.2, -0.15) is 13.2 Å². The van der Waals surface area contributed by atoms with Crippen molar-refractivity contribution in [2.45, 2.75) is 12.6 Å². The number of rotatable bonds is 3. The van der Waals surface area contributed by atoms with E-state index in [0.29, 0.717) is 12.0 Å². The fraction of sp³-hybridized carbons (Fsp3) is 0.182. The Kier molecular flexibility index (Phi) is 3.14. The number of benzene rings is 1. The van der Waals surface area contributed by atoms with Crippen molar-refractivity contribution in [3.8, 4) is 5.69 Å². The Hall–Kier alpha value is -2.18. The van der Waals surface area contributed by atoms with Crippen LogP contribution in [0.15, 0.2) is 30.5 Å². The van der Waals surface area contributed by atoms with E-state index in [0.717, 1.165) is 12.1 Å². The van der Waals surface area contributed by atoms with Crippen molar-refractivity contribution in [3.63, 3.8) is 0 Å². The number of carbonyl (C=O) groups excluding carboxylic acids is 1. The summed E-state index contributed by atoms with van der Waals surface area (Å²) in [7, 11) is 0. The third-order valence-corrected chi connectivity index (χ3v) is 2.27. The Labute approximate surface area is 100 Å². The number of hydrogen-bond acceptors (Lipinski definition) is 3. The highest BCUT2D eigenvalue weighted by molar-refractivity contribution is 5.53. The maximum atomic E-state index is 12.5. The lowest BCUT2D eigenvalue weighted by atomic mass is 10.2. The van der Waals surface area contributed by atoms with E-state index in [1.54, 1.807) is 0 Å². The molecule has 0 aliphatic rings. The van der Waals surface area contributed by atoms with Gasteiger partial charge in [0.2, 0.25) is 0 Å². The Morgan fingerprint density at radius 2 is 2.11 bits per heavy atom. The Balaban J connectivity index is 2.35. The standard InChI is InChI=1S/C11H8F3N3O/c12-11(13,14)8-2-1-3-10(6-8)17-7-9(4-5-18)15-16-17/h1-3,5-7H,4H2. The van der Waals surface area contributed by atoms with Crippen LogP contribution in [0.25, 0.3) is 5.69 Å². The number of aromatic nitrogens is 3. The lowest BCUT2D eigenvalue weighted by Gasteiger charge is -2.07. The first kappa shape index (κ1) is 12.3. The third kappa shape index (κ3) is 2.55. The van der Waals surface area contributed by atoms with Gasteiger partial charge in [0.15, 0.2) is 0 Å². The Bertz CT molecular complexity index is 563. The Morgan fingerprint density at radius 1 is 1.33 bits per heavy atom. The number of halogens is 3. The van der Waals surface area contributed by atoms with Crippen LogP contribution in [0.3, 0.4) is 0 Å². The largest absolute Gasteiger partial charge is 0.416 e. The first-order valence-electron chi connectivity index (χ1n) is 5.03. The molecule has 4 nitrogen and oxygen atoms in total. The molecule has 0 spiro atoms. The fourth-order valence-electron chi connectivity index (χ4n) is 1.43. The Morgan fingerprint density at radius 3 is 2.78 bits per heavy atom. The molecule has 0 N–H and O–H groups in total. The van der Waals surface area contributed by atoms with Crippen LogP contribution in [-0.4, -0.2) is 21.3 Å². The quantitative estimate of drug-likeness (QED) is 0.788. The lowest BCUT2D eigenvalue weighted by Crippen LogP contribution is -2.06. The normalized spacial score (nSPS) is 11.5. The zero-order valence-electron chi connectivity index (χ0n) is 9.05. The highest BCUT2D eigenvalue weighted by Gasteiger charge is 2.30. The molecule has 0 unspecified atom stereocenters. The van der Waals surface area contributed by atoms with Gasteiger partial charge >= 0.3 is 6.18 Å². The molecule has 0 atom stereocenters. The van der Waals surface area contributed by atoms with E-state index in [9.17, 15) is 18.0 Å². The van der Waals surface area contributed by atoms with Crippen LogP contribution >= 0.6 is 0 Å². The van der Waals surface area contributed by atoms with E-state index in [4.69, 9.17) is 0 Å².